The summed E-state index contributed by atoms with van der Waals surface area (Å²) in [6.07, 6.45) is 0. The van der Waals surface area contributed by atoms with Gasteiger partial charge in [-0.3, -0.25) is 4.79 Å². The molecule has 0 saturated carbocycles. The van der Waals surface area contributed by atoms with Crippen LogP contribution in [0.5, 0.6) is 0 Å². The molecule has 1 heterocycles. The van der Waals surface area contributed by atoms with Gasteiger partial charge >= 0.3 is 0 Å². The molecule has 5 heteroatoms. The molecule has 0 aliphatic carbocycles. The second kappa shape index (κ2) is 6.28. The van der Waals surface area contributed by atoms with Gasteiger partial charge in [-0.05, 0) is 0 Å². The monoisotopic (exact) mass is 262 g/mol. The molecule has 0 saturated heterocycles. The summed E-state index contributed by atoms with van der Waals surface area (Å²) in [5.74, 6) is 0.0357. The molecule has 0 aliphatic rings. The van der Waals surface area contributed by atoms with E-state index in [9.17, 15) is 4.79 Å². The van der Waals surface area contributed by atoms with Gasteiger partial charge < -0.3 is 10.6 Å². The highest BCUT2D eigenvalue weighted by atomic mass is 32.1. The summed E-state index contributed by atoms with van der Waals surface area (Å²) in [6.45, 7) is 1.17. The third kappa shape index (κ3) is 3.38. The first-order valence-corrected chi connectivity index (χ1v) is 6.69. The summed E-state index contributed by atoms with van der Waals surface area (Å²) < 4.78 is 0. The quantitative estimate of drug-likeness (QED) is 0.830. The predicted molar refractivity (Wildman–Crippen MR) is 72.1 cm³/mol. The Morgan fingerprint density at radius 2 is 2.17 bits per heavy atom. The van der Waals surface area contributed by atoms with Crippen LogP contribution < -0.4 is 10.6 Å². The number of aromatic nitrogens is 1. The van der Waals surface area contributed by atoms with Gasteiger partial charge in [-0.25, -0.2) is 4.98 Å². The van der Waals surface area contributed by atoms with E-state index < -0.39 is 0 Å². The lowest BCUT2D eigenvalue weighted by molar-refractivity contribution is -0.660. The van der Waals surface area contributed by atoms with E-state index in [2.05, 4.69) is 22.4 Å². The minimum atomic E-state index is 0.0357. The maximum Gasteiger partial charge on any atom is 0.274 e. The third-order valence-corrected chi connectivity index (χ3v) is 3.47. The number of rotatable bonds is 5. The Bertz CT molecular complexity index is 510. The van der Waals surface area contributed by atoms with Gasteiger partial charge in [0, 0.05) is 18.0 Å². The molecule has 1 aromatic heterocycles. The summed E-state index contributed by atoms with van der Waals surface area (Å²) >= 11 is 1.64. The lowest BCUT2D eigenvalue weighted by atomic mass is 10.2. The van der Waals surface area contributed by atoms with Crippen molar-refractivity contribution in [1.82, 2.24) is 10.3 Å². The van der Waals surface area contributed by atoms with E-state index in [-0.39, 0.29) is 5.91 Å². The Labute approximate surface area is 110 Å². The van der Waals surface area contributed by atoms with Gasteiger partial charge in [-0.2, -0.15) is 0 Å². The van der Waals surface area contributed by atoms with Crippen molar-refractivity contribution < 1.29 is 10.1 Å². The molecule has 0 unspecified atom stereocenters. The van der Waals surface area contributed by atoms with Crippen LogP contribution in [0.1, 0.15) is 5.69 Å². The summed E-state index contributed by atoms with van der Waals surface area (Å²) in [7, 11) is 1.65. The number of carbonyl (C=O) groups excluding carboxylic acids is 1. The Morgan fingerprint density at radius 3 is 2.89 bits per heavy atom. The molecule has 0 spiro atoms. The standard InChI is InChI=1S/C13H15N3OS/c1-14-12(17)8-15-7-11-9-18-13(16-11)10-5-3-2-4-6-10/h2-6,9,15H,7-8H2,1H3,(H,14,17)/p+1. The maximum absolute atomic E-state index is 11.1. The van der Waals surface area contributed by atoms with Crippen molar-refractivity contribution in [2.45, 2.75) is 6.54 Å². The predicted octanol–water partition coefficient (Wildman–Crippen LogP) is 0.619. The minimum Gasteiger partial charge on any atom is -0.354 e. The lowest BCUT2D eigenvalue weighted by Gasteiger charge is -1.98. The van der Waals surface area contributed by atoms with Crippen LogP contribution in [0, 0.1) is 0 Å². The highest BCUT2D eigenvalue weighted by Gasteiger charge is 2.06. The number of nitrogens with two attached hydrogens (primary N) is 1. The van der Waals surface area contributed by atoms with Gasteiger partial charge in [-0.1, -0.05) is 30.3 Å². The van der Waals surface area contributed by atoms with Gasteiger partial charge in [-0.15, -0.1) is 11.3 Å². The van der Waals surface area contributed by atoms with Crippen LogP contribution in [0.2, 0.25) is 0 Å². The van der Waals surface area contributed by atoms with Crippen LogP contribution in [0.3, 0.4) is 0 Å². The SMILES string of the molecule is CNC(=O)C[NH2+]Cc1csc(-c2ccccc2)n1. The van der Waals surface area contributed by atoms with Crippen LogP contribution in [-0.2, 0) is 11.3 Å². The summed E-state index contributed by atoms with van der Waals surface area (Å²) in [5, 5.41) is 7.61. The minimum absolute atomic E-state index is 0.0357. The van der Waals surface area contributed by atoms with Crippen molar-refractivity contribution in [3.63, 3.8) is 0 Å². The number of carbonyl (C=O) groups is 1. The fraction of sp³-hybridized carbons (Fsp3) is 0.231. The highest BCUT2D eigenvalue weighted by molar-refractivity contribution is 7.13. The second-order valence-corrected chi connectivity index (χ2v) is 4.74. The largest absolute Gasteiger partial charge is 0.354 e. The smallest absolute Gasteiger partial charge is 0.274 e. The average Bonchev–Trinajstić information content (AvgIpc) is 2.88. The van der Waals surface area contributed by atoms with Crippen LogP contribution in [0.25, 0.3) is 10.6 Å². The molecule has 3 N–H and O–H groups in total. The van der Waals surface area contributed by atoms with Crippen LogP contribution in [0.4, 0.5) is 0 Å². The van der Waals surface area contributed by atoms with E-state index in [1.807, 2.05) is 28.9 Å². The summed E-state index contributed by atoms with van der Waals surface area (Å²) in [6, 6.07) is 10.1. The van der Waals surface area contributed by atoms with E-state index in [0.29, 0.717) is 6.54 Å². The number of likely N-dealkylation sites (N-methyl/N-ethyl adjacent to an activating group) is 1. The fourth-order valence-electron chi connectivity index (χ4n) is 1.57. The molecule has 18 heavy (non-hydrogen) atoms. The van der Waals surface area contributed by atoms with Gasteiger partial charge in [0.1, 0.15) is 17.2 Å². The Kier molecular flexibility index (Phi) is 4.44. The molecule has 4 nitrogen and oxygen atoms in total. The van der Waals surface area contributed by atoms with Crippen molar-refractivity contribution in [2.24, 2.45) is 0 Å². The average molecular weight is 262 g/mol. The number of hydrogen-bond acceptors (Lipinski definition) is 3. The zero-order chi connectivity index (χ0) is 12.8. The first-order chi connectivity index (χ1) is 8.79. The molecule has 0 fully saturated rings. The second-order valence-electron chi connectivity index (χ2n) is 3.88. The number of nitrogens with one attached hydrogen (secondary N) is 1. The molecule has 2 rings (SSSR count). The summed E-state index contributed by atoms with van der Waals surface area (Å²) in [5.41, 5.74) is 2.16. The molecule has 2 aromatic rings. The number of hydrogen-bond donors (Lipinski definition) is 2. The first-order valence-electron chi connectivity index (χ1n) is 5.81. The maximum atomic E-state index is 11.1. The van der Waals surface area contributed by atoms with Crippen molar-refractivity contribution >= 4 is 17.2 Å². The van der Waals surface area contributed by atoms with Crippen LogP contribution in [-0.4, -0.2) is 24.5 Å². The number of nitrogens with zero attached hydrogens (tertiary/aromatic N) is 1. The molecule has 1 amide bonds. The topological polar surface area (TPSA) is 58.6 Å². The fourth-order valence-corrected chi connectivity index (χ4v) is 2.41. The molecular weight excluding hydrogens is 246 g/mol. The summed E-state index contributed by atoms with van der Waals surface area (Å²) in [4.78, 5) is 15.6. The Hall–Kier alpha value is -1.72. The number of benzene rings is 1. The normalized spacial score (nSPS) is 10.3. The highest BCUT2D eigenvalue weighted by Crippen LogP contribution is 2.22. The molecule has 0 bridgehead atoms. The van der Waals surface area contributed by atoms with Crippen molar-refractivity contribution in [1.29, 1.82) is 0 Å². The van der Waals surface area contributed by atoms with E-state index in [4.69, 9.17) is 0 Å². The molecular formula is C13H16N3OS+. The molecule has 94 valence electrons. The molecule has 0 atom stereocenters. The van der Waals surface area contributed by atoms with Crippen molar-refractivity contribution in [2.75, 3.05) is 13.6 Å². The van der Waals surface area contributed by atoms with Crippen molar-refractivity contribution in [3.8, 4) is 10.6 Å². The van der Waals surface area contributed by atoms with Crippen LogP contribution in [0.15, 0.2) is 35.7 Å². The Balaban J connectivity index is 1.93. The molecule has 1 aromatic carbocycles. The number of quaternary nitrogens is 1. The molecule has 0 radical (unpaired) electrons. The lowest BCUT2D eigenvalue weighted by Crippen LogP contribution is -2.85. The van der Waals surface area contributed by atoms with Crippen LogP contribution >= 0.6 is 11.3 Å². The van der Waals surface area contributed by atoms with Gasteiger partial charge in [0.2, 0.25) is 0 Å². The van der Waals surface area contributed by atoms with Gasteiger partial charge in [0.25, 0.3) is 5.91 Å². The number of amides is 1. The van der Waals surface area contributed by atoms with E-state index >= 15 is 0 Å². The zero-order valence-electron chi connectivity index (χ0n) is 10.2. The van der Waals surface area contributed by atoms with Crippen molar-refractivity contribution in [3.05, 3.63) is 41.4 Å². The Morgan fingerprint density at radius 1 is 1.39 bits per heavy atom. The van der Waals surface area contributed by atoms with E-state index in [1.54, 1.807) is 18.4 Å². The zero-order valence-corrected chi connectivity index (χ0v) is 11.0. The van der Waals surface area contributed by atoms with Gasteiger partial charge in [0.15, 0.2) is 6.54 Å². The molecule has 0 aliphatic heterocycles. The van der Waals surface area contributed by atoms with E-state index in [1.165, 1.54) is 0 Å². The number of thiazole rings is 1. The third-order valence-electron chi connectivity index (χ3n) is 2.53. The first kappa shape index (κ1) is 12.7. The van der Waals surface area contributed by atoms with Gasteiger partial charge in [0.05, 0.1) is 0 Å². The van der Waals surface area contributed by atoms with E-state index in [0.717, 1.165) is 22.8 Å².